The van der Waals surface area contributed by atoms with Gasteiger partial charge in [-0.25, -0.2) is 4.98 Å². The third-order valence-corrected chi connectivity index (χ3v) is 5.97. The Bertz CT molecular complexity index is 538. The van der Waals surface area contributed by atoms with Crippen molar-refractivity contribution in [2.75, 3.05) is 39.9 Å². The Hall–Kier alpha value is -0.980. The van der Waals surface area contributed by atoms with E-state index in [0.29, 0.717) is 5.91 Å². The molecule has 1 aromatic heterocycles. The molecule has 0 aromatic carbocycles. The van der Waals surface area contributed by atoms with Gasteiger partial charge in [0.25, 0.3) is 0 Å². The van der Waals surface area contributed by atoms with Crippen LogP contribution in [-0.2, 0) is 16.1 Å². The van der Waals surface area contributed by atoms with Gasteiger partial charge in [0.1, 0.15) is 0 Å². The number of likely N-dealkylation sites (tertiary alicyclic amines) is 2. The molecule has 0 aliphatic carbocycles. The van der Waals surface area contributed by atoms with Crippen LogP contribution in [-0.4, -0.2) is 60.6 Å². The Morgan fingerprint density at radius 1 is 1.39 bits per heavy atom. The second kappa shape index (κ2) is 7.28. The summed E-state index contributed by atoms with van der Waals surface area (Å²) in [5.74, 6) is 0.338. The topological polar surface area (TPSA) is 45.7 Å². The van der Waals surface area contributed by atoms with Gasteiger partial charge in [0, 0.05) is 45.2 Å². The maximum atomic E-state index is 12.3. The van der Waals surface area contributed by atoms with E-state index in [1.807, 2.05) is 0 Å². The molecule has 2 saturated heterocycles. The van der Waals surface area contributed by atoms with Gasteiger partial charge in [-0.15, -0.1) is 11.3 Å². The predicted molar refractivity (Wildman–Crippen MR) is 91.5 cm³/mol. The maximum Gasteiger partial charge on any atom is 0.223 e. The quantitative estimate of drug-likeness (QED) is 0.747. The summed E-state index contributed by atoms with van der Waals surface area (Å²) in [7, 11) is 1.72. The summed E-state index contributed by atoms with van der Waals surface area (Å²) in [5.41, 5.74) is 1.41. The number of piperidine rings is 1. The molecule has 0 bridgehead atoms. The summed E-state index contributed by atoms with van der Waals surface area (Å²) in [5, 5.41) is 3.30. The monoisotopic (exact) mass is 337 g/mol. The van der Waals surface area contributed by atoms with Crippen molar-refractivity contribution in [1.29, 1.82) is 0 Å². The van der Waals surface area contributed by atoms with Crippen LogP contribution in [0.5, 0.6) is 0 Å². The van der Waals surface area contributed by atoms with E-state index in [1.165, 1.54) is 5.69 Å². The molecule has 3 heterocycles. The number of thiazole rings is 1. The molecule has 0 N–H and O–H groups in total. The lowest BCUT2D eigenvalue weighted by Crippen LogP contribution is -2.41. The standard InChI is InChI=1S/C17H27N3O2S/c1-14-18-15(12-23-14)11-19-7-4-17(5-8-19)10-16(21)20(13-17)6-3-9-22-2/h12H,3-11,13H2,1-2H3. The van der Waals surface area contributed by atoms with Crippen molar-refractivity contribution in [2.45, 2.75) is 39.2 Å². The van der Waals surface area contributed by atoms with Gasteiger partial charge in [0.2, 0.25) is 5.91 Å². The molecular formula is C17H27N3O2S. The Labute approximate surface area is 142 Å². The fourth-order valence-electron chi connectivity index (χ4n) is 3.82. The van der Waals surface area contributed by atoms with Crippen molar-refractivity contribution < 1.29 is 9.53 Å². The number of aryl methyl sites for hydroxylation is 1. The molecule has 6 heteroatoms. The zero-order valence-corrected chi connectivity index (χ0v) is 15.0. The number of carbonyl (C=O) groups is 1. The third kappa shape index (κ3) is 4.11. The molecule has 5 nitrogen and oxygen atoms in total. The fraction of sp³-hybridized carbons (Fsp3) is 0.765. The van der Waals surface area contributed by atoms with E-state index in [2.05, 4.69) is 27.1 Å². The minimum atomic E-state index is 0.221. The van der Waals surface area contributed by atoms with Crippen LogP contribution in [0.25, 0.3) is 0 Å². The number of hydrogen-bond acceptors (Lipinski definition) is 5. The summed E-state index contributed by atoms with van der Waals surface area (Å²) in [6.45, 7) is 7.69. The largest absolute Gasteiger partial charge is 0.385 e. The molecule has 2 fully saturated rings. The van der Waals surface area contributed by atoms with Crippen LogP contribution in [0, 0.1) is 12.3 Å². The molecule has 0 unspecified atom stereocenters. The molecule has 0 saturated carbocycles. The van der Waals surface area contributed by atoms with Crippen molar-refractivity contribution in [3.8, 4) is 0 Å². The molecule has 128 valence electrons. The second-order valence-corrected chi connectivity index (χ2v) is 8.03. The van der Waals surface area contributed by atoms with Gasteiger partial charge in [-0.3, -0.25) is 9.69 Å². The zero-order chi connectivity index (χ0) is 16.3. The number of ether oxygens (including phenoxy) is 1. The van der Waals surface area contributed by atoms with Gasteiger partial charge in [0.05, 0.1) is 10.7 Å². The highest BCUT2D eigenvalue weighted by atomic mass is 32.1. The first-order valence-electron chi connectivity index (χ1n) is 8.50. The minimum absolute atomic E-state index is 0.221. The molecule has 0 radical (unpaired) electrons. The van der Waals surface area contributed by atoms with E-state index in [1.54, 1.807) is 18.4 Å². The van der Waals surface area contributed by atoms with Crippen molar-refractivity contribution in [3.05, 3.63) is 16.1 Å². The highest BCUT2D eigenvalue weighted by molar-refractivity contribution is 7.09. The Morgan fingerprint density at radius 2 is 2.17 bits per heavy atom. The Kier molecular flexibility index (Phi) is 5.34. The highest BCUT2D eigenvalue weighted by Gasteiger charge is 2.44. The lowest BCUT2D eigenvalue weighted by atomic mass is 9.77. The van der Waals surface area contributed by atoms with Crippen LogP contribution >= 0.6 is 11.3 Å². The van der Waals surface area contributed by atoms with Crippen LogP contribution in [0.4, 0.5) is 0 Å². The molecule has 2 aliphatic rings. The van der Waals surface area contributed by atoms with Gasteiger partial charge in [-0.2, -0.15) is 0 Å². The van der Waals surface area contributed by atoms with Crippen LogP contribution in [0.2, 0.25) is 0 Å². The smallest absolute Gasteiger partial charge is 0.223 e. The number of aromatic nitrogens is 1. The number of carbonyl (C=O) groups excluding carboxylic acids is 1. The Balaban J connectivity index is 1.49. The van der Waals surface area contributed by atoms with Gasteiger partial charge in [-0.1, -0.05) is 0 Å². The maximum absolute atomic E-state index is 12.3. The van der Waals surface area contributed by atoms with E-state index >= 15 is 0 Å². The van der Waals surface area contributed by atoms with Crippen LogP contribution in [0.1, 0.15) is 36.4 Å². The molecule has 1 amide bonds. The van der Waals surface area contributed by atoms with Crippen LogP contribution in [0.15, 0.2) is 5.38 Å². The summed E-state index contributed by atoms with van der Waals surface area (Å²) < 4.78 is 5.10. The first-order valence-corrected chi connectivity index (χ1v) is 9.38. The second-order valence-electron chi connectivity index (χ2n) is 6.97. The van der Waals surface area contributed by atoms with E-state index in [9.17, 15) is 4.79 Å². The summed E-state index contributed by atoms with van der Waals surface area (Å²) in [6, 6.07) is 0. The number of amides is 1. The van der Waals surface area contributed by atoms with Gasteiger partial charge in [-0.05, 0) is 44.7 Å². The van der Waals surface area contributed by atoms with E-state index < -0.39 is 0 Å². The number of rotatable bonds is 6. The van der Waals surface area contributed by atoms with Gasteiger partial charge >= 0.3 is 0 Å². The number of nitrogens with zero attached hydrogens (tertiary/aromatic N) is 3. The first-order chi connectivity index (χ1) is 11.1. The van der Waals surface area contributed by atoms with Crippen molar-refractivity contribution in [3.63, 3.8) is 0 Å². The normalized spacial score (nSPS) is 21.5. The van der Waals surface area contributed by atoms with Crippen molar-refractivity contribution in [1.82, 2.24) is 14.8 Å². The summed E-state index contributed by atoms with van der Waals surface area (Å²) in [6.07, 6.45) is 3.93. The molecule has 0 atom stereocenters. The molecule has 2 aliphatic heterocycles. The molecule has 1 aromatic rings. The molecule has 3 rings (SSSR count). The minimum Gasteiger partial charge on any atom is -0.385 e. The van der Waals surface area contributed by atoms with Crippen molar-refractivity contribution in [2.24, 2.45) is 5.41 Å². The molecule has 1 spiro atoms. The predicted octanol–water partition coefficient (Wildman–Crippen LogP) is 2.30. The summed E-state index contributed by atoms with van der Waals surface area (Å²) in [4.78, 5) is 21.4. The Morgan fingerprint density at radius 3 is 2.83 bits per heavy atom. The van der Waals surface area contributed by atoms with E-state index in [4.69, 9.17) is 4.74 Å². The lowest BCUT2D eigenvalue weighted by molar-refractivity contribution is -0.128. The zero-order valence-electron chi connectivity index (χ0n) is 14.2. The average Bonchev–Trinajstić information content (AvgIpc) is 3.06. The van der Waals surface area contributed by atoms with Gasteiger partial charge in [0.15, 0.2) is 0 Å². The van der Waals surface area contributed by atoms with E-state index in [0.717, 1.165) is 70.0 Å². The fourth-order valence-corrected chi connectivity index (χ4v) is 4.42. The lowest BCUT2D eigenvalue weighted by Gasteiger charge is -2.38. The average molecular weight is 337 g/mol. The first kappa shape index (κ1) is 16.9. The highest BCUT2D eigenvalue weighted by Crippen LogP contribution is 2.41. The summed E-state index contributed by atoms with van der Waals surface area (Å²) >= 11 is 1.72. The third-order valence-electron chi connectivity index (χ3n) is 5.15. The van der Waals surface area contributed by atoms with E-state index in [-0.39, 0.29) is 5.41 Å². The SMILES string of the molecule is COCCCN1CC2(CCN(Cc3csc(C)n3)CC2)CC1=O. The van der Waals surface area contributed by atoms with Crippen LogP contribution < -0.4 is 0 Å². The van der Waals surface area contributed by atoms with Gasteiger partial charge < -0.3 is 9.64 Å². The number of hydrogen-bond donors (Lipinski definition) is 0. The number of methoxy groups -OCH3 is 1. The molecular weight excluding hydrogens is 310 g/mol. The molecule has 23 heavy (non-hydrogen) atoms. The van der Waals surface area contributed by atoms with Crippen LogP contribution in [0.3, 0.4) is 0 Å². The van der Waals surface area contributed by atoms with Crippen molar-refractivity contribution >= 4 is 17.2 Å².